The van der Waals surface area contributed by atoms with Crippen molar-refractivity contribution in [3.63, 3.8) is 0 Å². The SMILES string of the molecule is COc1ccc(C(=O)c2ccc(CCl)c(CCl)c2)cc1OC. The Balaban J connectivity index is 2.39. The van der Waals surface area contributed by atoms with Gasteiger partial charge in [0.25, 0.3) is 0 Å². The summed E-state index contributed by atoms with van der Waals surface area (Å²) in [6.45, 7) is 0. The molecule has 0 heterocycles. The van der Waals surface area contributed by atoms with Crippen molar-refractivity contribution in [3.8, 4) is 11.5 Å². The van der Waals surface area contributed by atoms with Gasteiger partial charge in [-0.3, -0.25) is 4.79 Å². The van der Waals surface area contributed by atoms with Gasteiger partial charge in [-0.15, -0.1) is 23.2 Å². The Morgan fingerprint density at radius 2 is 1.45 bits per heavy atom. The highest BCUT2D eigenvalue weighted by Crippen LogP contribution is 2.29. The van der Waals surface area contributed by atoms with Crippen LogP contribution in [0.15, 0.2) is 36.4 Å². The van der Waals surface area contributed by atoms with E-state index in [0.29, 0.717) is 34.4 Å². The van der Waals surface area contributed by atoms with Gasteiger partial charge in [0.15, 0.2) is 17.3 Å². The number of halogens is 2. The van der Waals surface area contributed by atoms with E-state index in [1.165, 1.54) is 7.11 Å². The Morgan fingerprint density at radius 1 is 0.864 bits per heavy atom. The zero-order chi connectivity index (χ0) is 16.1. The minimum Gasteiger partial charge on any atom is -0.493 e. The number of methoxy groups -OCH3 is 2. The van der Waals surface area contributed by atoms with Gasteiger partial charge < -0.3 is 9.47 Å². The van der Waals surface area contributed by atoms with Crippen LogP contribution in [0.3, 0.4) is 0 Å². The normalized spacial score (nSPS) is 10.4. The predicted octanol–water partition coefficient (Wildman–Crippen LogP) is 4.41. The van der Waals surface area contributed by atoms with Crippen molar-refractivity contribution in [2.45, 2.75) is 11.8 Å². The summed E-state index contributed by atoms with van der Waals surface area (Å²) in [6, 6.07) is 10.5. The Labute approximate surface area is 139 Å². The highest BCUT2D eigenvalue weighted by Gasteiger charge is 2.14. The van der Waals surface area contributed by atoms with Gasteiger partial charge in [-0.1, -0.05) is 12.1 Å². The smallest absolute Gasteiger partial charge is 0.193 e. The molecule has 0 amide bonds. The lowest BCUT2D eigenvalue weighted by Crippen LogP contribution is -2.04. The molecule has 0 unspecified atom stereocenters. The van der Waals surface area contributed by atoms with Crippen molar-refractivity contribution in [1.29, 1.82) is 0 Å². The van der Waals surface area contributed by atoms with E-state index in [0.717, 1.165) is 11.1 Å². The van der Waals surface area contributed by atoms with Crippen LogP contribution < -0.4 is 9.47 Å². The van der Waals surface area contributed by atoms with Crippen molar-refractivity contribution < 1.29 is 14.3 Å². The molecule has 0 saturated heterocycles. The van der Waals surface area contributed by atoms with Gasteiger partial charge in [0.05, 0.1) is 14.2 Å². The first-order valence-electron chi connectivity index (χ1n) is 6.65. The van der Waals surface area contributed by atoms with Crippen LogP contribution in [0, 0.1) is 0 Å². The summed E-state index contributed by atoms with van der Waals surface area (Å²) in [5.41, 5.74) is 2.89. The molecule has 0 N–H and O–H groups in total. The lowest BCUT2D eigenvalue weighted by molar-refractivity contribution is 0.103. The van der Waals surface area contributed by atoms with E-state index in [2.05, 4.69) is 0 Å². The maximum Gasteiger partial charge on any atom is 0.193 e. The summed E-state index contributed by atoms with van der Waals surface area (Å²) in [5, 5.41) is 0. The number of carbonyl (C=O) groups excluding carboxylic acids is 1. The van der Waals surface area contributed by atoms with Gasteiger partial charge in [0, 0.05) is 22.9 Å². The molecule has 0 fully saturated rings. The molecule has 22 heavy (non-hydrogen) atoms. The molecule has 0 aliphatic carbocycles. The lowest BCUT2D eigenvalue weighted by Gasteiger charge is -2.10. The van der Waals surface area contributed by atoms with Crippen molar-refractivity contribution in [1.82, 2.24) is 0 Å². The lowest BCUT2D eigenvalue weighted by atomic mass is 9.99. The molecule has 0 aromatic heterocycles. The van der Waals surface area contributed by atoms with Crippen molar-refractivity contribution in [2.75, 3.05) is 14.2 Å². The first-order chi connectivity index (χ1) is 10.6. The average Bonchev–Trinajstić information content (AvgIpc) is 2.59. The Hall–Kier alpha value is -1.71. The molecule has 0 radical (unpaired) electrons. The van der Waals surface area contributed by atoms with Gasteiger partial charge in [0.1, 0.15) is 0 Å². The number of rotatable bonds is 6. The summed E-state index contributed by atoms with van der Waals surface area (Å²) in [7, 11) is 3.09. The number of alkyl halides is 2. The van der Waals surface area contributed by atoms with Crippen molar-refractivity contribution >= 4 is 29.0 Å². The van der Waals surface area contributed by atoms with Crippen molar-refractivity contribution in [3.05, 3.63) is 58.7 Å². The van der Waals surface area contributed by atoms with Crippen LogP contribution in [0.2, 0.25) is 0 Å². The molecule has 2 aromatic rings. The summed E-state index contributed by atoms with van der Waals surface area (Å²) >= 11 is 11.8. The maximum atomic E-state index is 12.6. The average molecular weight is 339 g/mol. The van der Waals surface area contributed by atoms with Gasteiger partial charge in [-0.05, 0) is 35.4 Å². The van der Waals surface area contributed by atoms with E-state index in [1.807, 2.05) is 6.07 Å². The fourth-order valence-electron chi connectivity index (χ4n) is 2.17. The number of hydrogen-bond donors (Lipinski definition) is 0. The van der Waals surface area contributed by atoms with E-state index in [4.69, 9.17) is 32.7 Å². The summed E-state index contributed by atoms with van der Waals surface area (Å²) in [6.07, 6.45) is 0. The quantitative estimate of drug-likeness (QED) is 0.578. The van der Waals surface area contributed by atoms with Gasteiger partial charge >= 0.3 is 0 Å². The fourth-order valence-corrected chi connectivity index (χ4v) is 2.68. The zero-order valence-electron chi connectivity index (χ0n) is 12.4. The molecular formula is C17H16Cl2O3. The molecule has 0 aliphatic heterocycles. The third-order valence-electron chi connectivity index (χ3n) is 3.40. The van der Waals surface area contributed by atoms with Gasteiger partial charge in [-0.25, -0.2) is 0 Å². The second-order valence-corrected chi connectivity index (χ2v) is 5.18. The second-order valence-electron chi connectivity index (χ2n) is 4.65. The van der Waals surface area contributed by atoms with E-state index in [9.17, 15) is 4.79 Å². The monoisotopic (exact) mass is 338 g/mol. The van der Waals surface area contributed by atoms with Crippen LogP contribution in [-0.2, 0) is 11.8 Å². The number of hydrogen-bond acceptors (Lipinski definition) is 3. The topological polar surface area (TPSA) is 35.5 Å². The number of benzene rings is 2. The molecule has 3 nitrogen and oxygen atoms in total. The summed E-state index contributed by atoms with van der Waals surface area (Å²) in [5.74, 6) is 1.68. The standard InChI is InChI=1S/C17H16Cl2O3/c1-21-15-6-5-12(8-16(15)22-2)17(20)11-3-4-13(9-18)14(7-11)10-19/h3-8H,9-10H2,1-2H3. The molecule has 2 aromatic carbocycles. The van der Waals surface area contributed by atoms with Crippen LogP contribution in [0.25, 0.3) is 0 Å². The van der Waals surface area contributed by atoms with E-state index in [1.54, 1.807) is 37.4 Å². The van der Waals surface area contributed by atoms with Gasteiger partial charge in [0.2, 0.25) is 0 Å². The minimum absolute atomic E-state index is 0.103. The van der Waals surface area contributed by atoms with E-state index >= 15 is 0 Å². The first-order valence-corrected chi connectivity index (χ1v) is 7.72. The van der Waals surface area contributed by atoms with Crippen molar-refractivity contribution in [2.24, 2.45) is 0 Å². The molecule has 0 bridgehead atoms. The molecular weight excluding hydrogens is 323 g/mol. The predicted molar refractivity (Wildman–Crippen MR) is 88.5 cm³/mol. The second kappa shape index (κ2) is 7.52. The molecule has 2 rings (SSSR count). The Bertz CT molecular complexity index is 626. The van der Waals surface area contributed by atoms with Crippen LogP contribution in [0.1, 0.15) is 27.0 Å². The number of carbonyl (C=O) groups is 1. The van der Waals surface area contributed by atoms with Crippen LogP contribution in [0.4, 0.5) is 0 Å². The van der Waals surface area contributed by atoms with E-state index in [-0.39, 0.29) is 5.78 Å². The third-order valence-corrected chi connectivity index (χ3v) is 3.98. The largest absolute Gasteiger partial charge is 0.493 e. The highest BCUT2D eigenvalue weighted by molar-refractivity contribution is 6.19. The number of ether oxygens (including phenoxy) is 2. The number of ketones is 1. The van der Waals surface area contributed by atoms with E-state index < -0.39 is 0 Å². The third kappa shape index (κ3) is 3.37. The molecule has 116 valence electrons. The van der Waals surface area contributed by atoms with Crippen LogP contribution >= 0.6 is 23.2 Å². The first kappa shape index (κ1) is 16.7. The summed E-state index contributed by atoms with van der Waals surface area (Å²) in [4.78, 5) is 12.6. The highest BCUT2D eigenvalue weighted by atomic mass is 35.5. The van der Waals surface area contributed by atoms with Gasteiger partial charge in [-0.2, -0.15) is 0 Å². The Kier molecular flexibility index (Phi) is 5.69. The molecule has 0 aliphatic rings. The molecule has 0 atom stereocenters. The van der Waals surface area contributed by atoms with Crippen LogP contribution in [-0.4, -0.2) is 20.0 Å². The van der Waals surface area contributed by atoms with Crippen LogP contribution in [0.5, 0.6) is 11.5 Å². The Morgan fingerprint density at radius 3 is 2.05 bits per heavy atom. The molecule has 5 heteroatoms. The maximum absolute atomic E-state index is 12.6. The fraction of sp³-hybridized carbons (Fsp3) is 0.235. The molecule has 0 spiro atoms. The minimum atomic E-state index is -0.103. The zero-order valence-corrected chi connectivity index (χ0v) is 13.9. The summed E-state index contributed by atoms with van der Waals surface area (Å²) < 4.78 is 10.4. The molecule has 0 saturated carbocycles.